The van der Waals surface area contributed by atoms with Crippen molar-refractivity contribution in [2.24, 2.45) is 0 Å². The Bertz CT molecular complexity index is 555. The van der Waals surface area contributed by atoms with Gasteiger partial charge in [-0.1, -0.05) is 60.7 Å². The Balaban J connectivity index is 2.42. The van der Waals surface area contributed by atoms with Crippen molar-refractivity contribution in [2.45, 2.75) is 5.92 Å². The molecule has 2 rings (SSSR count). The van der Waals surface area contributed by atoms with Gasteiger partial charge in [-0.15, -0.1) is 0 Å². The van der Waals surface area contributed by atoms with E-state index in [0.717, 1.165) is 11.1 Å². The molecule has 94 valence electrons. The first-order chi connectivity index (χ1) is 8.56. The molecule has 0 saturated heterocycles. The highest BCUT2D eigenvalue weighted by atomic mass is 35.7. The van der Waals surface area contributed by atoms with Gasteiger partial charge in [0.25, 0.3) is 0 Å². The molecule has 0 saturated carbocycles. The van der Waals surface area contributed by atoms with Gasteiger partial charge in [0.15, 0.2) is 0 Å². The molecule has 0 N–H and O–H groups in total. The van der Waals surface area contributed by atoms with Crippen molar-refractivity contribution < 1.29 is 8.42 Å². The van der Waals surface area contributed by atoms with Crippen LogP contribution >= 0.6 is 10.7 Å². The molecule has 0 heterocycles. The predicted molar refractivity (Wildman–Crippen MR) is 74.4 cm³/mol. The Morgan fingerprint density at radius 1 is 0.833 bits per heavy atom. The Morgan fingerprint density at radius 3 is 1.56 bits per heavy atom. The largest absolute Gasteiger partial charge is 0.233 e. The molecule has 4 heteroatoms. The van der Waals surface area contributed by atoms with E-state index < -0.39 is 9.05 Å². The van der Waals surface area contributed by atoms with Gasteiger partial charge in [0.05, 0.1) is 5.75 Å². The van der Waals surface area contributed by atoms with Crippen molar-refractivity contribution in [3.8, 4) is 0 Å². The van der Waals surface area contributed by atoms with E-state index in [0.29, 0.717) is 0 Å². The van der Waals surface area contributed by atoms with Crippen LogP contribution in [0.3, 0.4) is 0 Å². The fourth-order valence-electron chi connectivity index (χ4n) is 1.95. The Hall–Kier alpha value is -1.32. The van der Waals surface area contributed by atoms with Gasteiger partial charge >= 0.3 is 0 Å². The van der Waals surface area contributed by atoms with Crippen LogP contribution < -0.4 is 0 Å². The van der Waals surface area contributed by atoms with Crippen LogP contribution in [0.1, 0.15) is 17.0 Å². The number of hydrogen-bond donors (Lipinski definition) is 0. The van der Waals surface area contributed by atoms with Gasteiger partial charge in [-0.2, -0.15) is 0 Å². The molecule has 2 aromatic rings. The van der Waals surface area contributed by atoms with E-state index in [2.05, 4.69) is 0 Å². The summed E-state index contributed by atoms with van der Waals surface area (Å²) in [5.41, 5.74) is 1.90. The second-order valence-electron chi connectivity index (χ2n) is 4.08. The number of rotatable bonds is 4. The summed E-state index contributed by atoms with van der Waals surface area (Å²) in [5.74, 6) is -0.322. The summed E-state index contributed by atoms with van der Waals surface area (Å²) >= 11 is 0. The van der Waals surface area contributed by atoms with Crippen LogP contribution in [0.25, 0.3) is 0 Å². The van der Waals surface area contributed by atoms with Gasteiger partial charge in [-0.25, -0.2) is 8.42 Å². The lowest BCUT2D eigenvalue weighted by Crippen LogP contribution is -2.11. The van der Waals surface area contributed by atoms with Crippen molar-refractivity contribution in [1.82, 2.24) is 0 Å². The Morgan fingerprint density at radius 2 is 1.22 bits per heavy atom. The summed E-state index contributed by atoms with van der Waals surface area (Å²) in [6.07, 6.45) is 0. The van der Waals surface area contributed by atoms with Gasteiger partial charge in [-0.05, 0) is 11.1 Å². The second kappa shape index (κ2) is 5.55. The molecule has 2 aromatic carbocycles. The third-order valence-electron chi connectivity index (χ3n) is 2.77. The molecule has 0 aliphatic carbocycles. The monoisotopic (exact) mass is 280 g/mol. The maximum Gasteiger partial charge on any atom is 0.233 e. The lowest BCUT2D eigenvalue weighted by molar-refractivity contribution is 0.606. The number of halogens is 1. The van der Waals surface area contributed by atoms with Crippen LogP contribution in [0.5, 0.6) is 0 Å². The molecule has 0 fully saturated rings. The van der Waals surface area contributed by atoms with Crippen molar-refractivity contribution in [3.05, 3.63) is 71.8 Å². The molecule has 0 atom stereocenters. The van der Waals surface area contributed by atoms with E-state index in [-0.39, 0.29) is 11.7 Å². The molecule has 0 aliphatic heterocycles. The summed E-state index contributed by atoms with van der Waals surface area (Å²) in [6, 6.07) is 19.1. The highest BCUT2D eigenvalue weighted by Gasteiger charge is 2.20. The quantitative estimate of drug-likeness (QED) is 0.805. The zero-order valence-electron chi connectivity index (χ0n) is 9.66. The van der Waals surface area contributed by atoms with Gasteiger partial charge in [0.2, 0.25) is 9.05 Å². The van der Waals surface area contributed by atoms with E-state index in [1.54, 1.807) is 0 Å². The predicted octanol–water partition coefficient (Wildman–Crippen LogP) is 3.39. The van der Waals surface area contributed by atoms with Crippen molar-refractivity contribution in [1.29, 1.82) is 0 Å². The summed E-state index contributed by atoms with van der Waals surface area (Å²) < 4.78 is 22.7. The maximum atomic E-state index is 11.4. The fraction of sp³-hybridized carbons (Fsp3) is 0.143. The summed E-state index contributed by atoms with van der Waals surface area (Å²) in [7, 11) is 1.85. The minimum Gasteiger partial charge on any atom is -0.212 e. The van der Waals surface area contributed by atoms with Crippen molar-refractivity contribution in [2.75, 3.05) is 5.75 Å². The van der Waals surface area contributed by atoms with E-state index >= 15 is 0 Å². The summed E-state index contributed by atoms with van der Waals surface area (Å²) in [5, 5.41) is 0. The third kappa shape index (κ3) is 3.59. The highest BCUT2D eigenvalue weighted by Crippen LogP contribution is 2.27. The Kier molecular flexibility index (Phi) is 4.04. The van der Waals surface area contributed by atoms with E-state index in [1.165, 1.54) is 0 Å². The van der Waals surface area contributed by atoms with Gasteiger partial charge < -0.3 is 0 Å². The average molecular weight is 281 g/mol. The normalized spacial score (nSPS) is 11.7. The van der Waals surface area contributed by atoms with Crippen LogP contribution in [-0.4, -0.2) is 14.2 Å². The van der Waals surface area contributed by atoms with Crippen LogP contribution in [0.4, 0.5) is 0 Å². The number of benzene rings is 2. The maximum absolute atomic E-state index is 11.4. The zero-order valence-corrected chi connectivity index (χ0v) is 11.2. The van der Waals surface area contributed by atoms with Gasteiger partial charge in [-0.3, -0.25) is 0 Å². The van der Waals surface area contributed by atoms with Crippen molar-refractivity contribution in [3.63, 3.8) is 0 Å². The molecule has 0 spiro atoms. The minimum absolute atomic E-state index is 0.0947. The molecule has 0 unspecified atom stereocenters. The van der Waals surface area contributed by atoms with E-state index in [1.807, 2.05) is 60.7 Å². The molecule has 0 aliphatic rings. The first-order valence-corrected chi connectivity index (χ1v) is 8.06. The first-order valence-electron chi connectivity index (χ1n) is 5.58. The average Bonchev–Trinajstić information content (AvgIpc) is 2.37. The molecule has 0 bridgehead atoms. The first kappa shape index (κ1) is 13.1. The number of hydrogen-bond acceptors (Lipinski definition) is 2. The van der Waals surface area contributed by atoms with Crippen LogP contribution in [0.15, 0.2) is 60.7 Å². The van der Waals surface area contributed by atoms with Gasteiger partial charge in [0, 0.05) is 16.6 Å². The SMILES string of the molecule is O=S(=O)(Cl)CC(c1ccccc1)c1ccccc1. The second-order valence-corrected chi connectivity index (χ2v) is 6.90. The van der Waals surface area contributed by atoms with Crippen LogP contribution in [-0.2, 0) is 9.05 Å². The van der Waals surface area contributed by atoms with E-state index in [4.69, 9.17) is 10.7 Å². The lowest BCUT2D eigenvalue weighted by Gasteiger charge is -2.16. The molecule has 18 heavy (non-hydrogen) atoms. The molecule has 0 amide bonds. The molecule has 2 nitrogen and oxygen atoms in total. The summed E-state index contributed by atoms with van der Waals surface area (Å²) in [6.45, 7) is 0. The molecule has 0 radical (unpaired) electrons. The smallest absolute Gasteiger partial charge is 0.212 e. The minimum atomic E-state index is -3.55. The van der Waals surface area contributed by atoms with Crippen molar-refractivity contribution >= 4 is 19.7 Å². The molecular formula is C14H13ClO2S. The summed E-state index contributed by atoms with van der Waals surface area (Å²) in [4.78, 5) is 0. The highest BCUT2D eigenvalue weighted by molar-refractivity contribution is 8.13. The third-order valence-corrected chi connectivity index (χ3v) is 3.88. The molecule has 0 aromatic heterocycles. The van der Waals surface area contributed by atoms with E-state index in [9.17, 15) is 8.42 Å². The molecular weight excluding hydrogens is 268 g/mol. The Labute approximate surface area is 112 Å². The van der Waals surface area contributed by atoms with Crippen LogP contribution in [0.2, 0.25) is 0 Å². The standard InChI is InChI=1S/C14H13ClO2S/c15-18(16,17)11-14(12-7-3-1-4-8-12)13-9-5-2-6-10-13/h1-10,14H,11H2. The fourth-order valence-corrected chi connectivity index (χ4v) is 3.12. The lowest BCUT2D eigenvalue weighted by atomic mass is 9.93. The topological polar surface area (TPSA) is 34.1 Å². The zero-order chi connectivity index (χ0) is 13.0. The van der Waals surface area contributed by atoms with Crippen LogP contribution in [0, 0.1) is 0 Å². The van der Waals surface area contributed by atoms with Gasteiger partial charge in [0.1, 0.15) is 0 Å².